The van der Waals surface area contributed by atoms with Crippen molar-refractivity contribution >= 4 is 0 Å². The number of hydrogen-bond acceptors (Lipinski definition) is 1. The lowest BCUT2D eigenvalue weighted by Crippen LogP contribution is -2.36. The summed E-state index contributed by atoms with van der Waals surface area (Å²) in [6.07, 6.45) is 2.21. The zero-order chi connectivity index (χ0) is 10.7. The molecule has 1 nitrogen and oxygen atoms in total. The molecule has 0 atom stereocenters. The van der Waals surface area contributed by atoms with Crippen molar-refractivity contribution in [3.05, 3.63) is 35.4 Å². The first-order valence-electron chi connectivity index (χ1n) is 5.74. The third kappa shape index (κ3) is 2.20. The van der Waals surface area contributed by atoms with Gasteiger partial charge in [0.15, 0.2) is 0 Å². The Morgan fingerprint density at radius 3 is 2.33 bits per heavy atom. The van der Waals surface area contributed by atoms with Gasteiger partial charge in [-0.25, -0.2) is 4.39 Å². The number of alkyl halides is 1. The van der Waals surface area contributed by atoms with Gasteiger partial charge in [0.1, 0.15) is 5.67 Å². The quantitative estimate of drug-likeness (QED) is 0.786. The van der Waals surface area contributed by atoms with E-state index in [1.807, 2.05) is 24.3 Å². The molecule has 2 heteroatoms. The van der Waals surface area contributed by atoms with Crippen LogP contribution in [0.15, 0.2) is 24.3 Å². The molecule has 0 bridgehead atoms. The SMILES string of the molecule is CCc1ccc(C2(F)CCNCC2)cc1. The molecule has 0 saturated carbocycles. The largest absolute Gasteiger partial charge is 0.316 e. The highest BCUT2D eigenvalue weighted by atomic mass is 19.1. The molecule has 1 heterocycles. The molecule has 1 aliphatic heterocycles. The minimum atomic E-state index is -1.10. The van der Waals surface area contributed by atoms with E-state index in [2.05, 4.69) is 12.2 Å². The van der Waals surface area contributed by atoms with Gasteiger partial charge in [-0.3, -0.25) is 0 Å². The summed E-state index contributed by atoms with van der Waals surface area (Å²) in [7, 11) is 0. The van der Waals surface area contributed by atoms with Gasteiger partial charge < -0.3 is 5.32 Å². The molecule has 0 amide bonds. The van der Waals surface area contributed by atoms with Crippen molar-refractivity contribution < 1.29 is 4.39 Å². The summed E-state index contributed by atoms with van der Waals surface area (Å²) in [6, 6.07) is 7.98. The molecule has 0 unspecified atom stereocenters. The van der Waals surface area contributed by atoms with E-state index in [1.54, 1.807) is 0 Å². The Hall–Kier alpha value is -0.890. The van der Waals surface area contributed by atoms with Gasteiger partial charge in [-0.2, -0.15) is 0 Å². The monoisotopic (exact) mass is 207 g/mol. The molecule has 0 radical (unpaired) electrons. The summed E-state index contributed by atoms with van der Waals surface area (Å²) in [5.74, 6) is 0. The van der Waals surface area contributed by atoms with Crippen LogP contribution in [0.1, 0.15) is 30.9 Å². The van der Waals surface area contributed by atoms with Gasteiger partial charge in [0.2, 0.25) is 0 Å². The second-order valence-corrected chi connectivity index (χ2v) is 4.27. The molecule has 1 aromatic carbocycles. The van der Waals surface area contributed by atoms with Gasteiger partial charge in [-0.05, 0) is 43.5 Å². The van der Waals surface area contributed by atoms with Crippen LogP contribution in [0.25, 0.3) is 0 Å². The van der Waals surface area contributed by atoms with Crippen LogP contribution in [-0.2, 0) is 12.1 Å². The fourth-order valence-corrected chi connectivity index (χ4v) is 2.15. The van der Waals surface area contributed by atoms with Crippen LogP contribution >= 0.6 is 0 Å². The first-order valence-corrected chi connectivity index (χ1v) is 5.74. The number of benzene rings is 1. The Kier molecular flexibility index (Phi) is 3.06. The third-order valence-corrected chi connectivity index (χ3v) is 3.28. The second-order valence-electron chi connectivity index (χ2n) is 4.27. The molecule has 1 fully saturated rings. The molecule has 1 aromatic rings. The molecule has 82 valence electrons. The lowest BCUT2D eigenvalue weighted by atomic mass is 9.86. The maximum Gasteiger partial charge on any atom is 0.138 e. The lowest BCUT2D eigenvalue weighted by molar-refractivity contribution is 0.115. The summed E-state index contributed by atoms with van der Waals surface area (Å²) in [6.45, 7) is 3.68. The Morgan fingerprint density at radius 1 is 1.20 bits per heavy atom. The van der Waals surface area contributed by atoms with Crippen molar-refractivity contribution in [1.82, 2.24) is 5.32 Å². The lowest BCUT2D eigenvalue weighted by Gasteiger charge is -2.30. The van der Waals surface area contributed by atoms with E-state index in [-0.39, 0.29) is 0 Å². The maximum absolute atomic E-state index is 14.5. The molecule has 0 aliphatic carbocycles. The highest BCUT2D eigenvalue weighted by Crippen LogP contribution is 2.34. The van der Waals surface area contributed by atoms with E-state index in [1.165, 1.54) is 5.56 Å². The van der Waals surface area contributed by atoms with E-state index in [0.29, 0.717) is 12.8 Å². The van der Waals surface area contributed by atoms with Gasteiger partial charge >= 0.3 is 0 Å². The standard InChI is InChI=1S/C13H18FN/c1-2-11-3-5-12(6-4-11)13(14)7-9-15-10-8-13/h3-6,15H,2,7-10H2,1H3. The topological polar surface area (TPSA) is 12.0 Å². The number of hydrogen-bond donors (Lipinski definition) is 1. The zero-order valence-corrected chi connectivity index (χ0v) is 9.22. The minimum absolute atomic E-state index is 0.596. The number of rotatable bonds is 2. The summed E-state index contributed by atoms with van der Waals surface area (Å²) in [4.78, 5) is 0. The van der Waals surface area contributed by atoms with Crippen molar-refractivity contribution in [2.75, 3.05) is 13.1 Å². The van der Waals surface area contributed by atoms with Crippen molar-refractivity contribution in [3.63, 3.8) is 0 Å². The highest BCUT2D eigenvalue weighted by Gasteiger charge is 2.33. The zero-order valence-electron chi connectivity index (χ0n) is 9.22. The Bertz CT molecular complexity index is 312. The van der Waals surface area contributed by atoms with Crippen molar-refractivity contribution in [3.8, 4) is 0 Å². The normalized spacial score (nSPS) is 20.1. The van der Waals surface area contributed by atoms with Crippen LogP contribution in [0.3, 0.4) is 0 Å². The maximum atomic E-state index is 14.5. The van der Waals surface area contributed by atoms with E-state index in [0.717, 1.165) is 25.1 Å². The van der Waals surface area contributed by atoms with Crippen molar-refractivity contribution in [1.29, 1.82) is 0 Å². The molecular weight excluding hydrogens is 189 g/mol. The Labute approximate surface area is 90.7 Å². The summed E-state index contributed by atoms with van der Waals surface area (Å²) >= 11 is 0. The van der Waals surface area contributed by atoms with Gasteiger partial charge in [0, 0.05) is 0 Å². The average molecular weight is 207 g/mol. The van der Waals surface area contributed by atoms with Crippen LogP contribution in [0.4, 0.5) is 4.39 Å². The predicted octanol–water partition coefficient (Wildman–Crippen LogP) is 2.80. The molecule has 0 aromatic heterocycles. The molecule has 0 spiro atoms. The number of piperidine rings is 1. The van der Waals surface area contributed by atoms with Gasteiger partial charge in [0.25, 0.3) is 0 Å². The first kappa shape index (κ1) is 10.6. The van der Waals surface area contributed by atoms with Gasteiger partial charge in [-0.1, -0.05) is 31.2 Å². The molecule has 1 N–H and O–H groups in total. The van der Waals surface area contributed by atoms with Crippen molar-refractivity contribution in [2.24, 2.45) is 0 Å². The molecule has 1 saturated heterocycles. The number of aryl methyl sites for hydroxylation is 1. The summed E-state index contributed by atoms with van der Waals surface area (Å²) < 4.78 is 14.5. The van der Waals surface area contributed by atoms with Crippen LogP contribution in [0, 0.1) is 0 Å². The van der Waals surface area contributed by atoms with Gasteiger partial charge in [-0.15, -0.1) is 0 Å². The van der Waals surface area contributed by atoms with Crippen LogP contribution < -0.4 is 5.32 Å². The van der Waals surface area contributed by atoms with Crippen LogP contribution in [0.2, 0.25) is 0 Å². The molecule has 15 heavy (non-hydrogen) atoms. The second kappa shape index (κ2) is 4.31. The van der Waals surface area contributed by atoms with Crippen molar-refractivity contribution in [2.45, 2.75) is 31.9 Å². The summed E-state index contributed by atoms with van der Waals surface area (Å²) in [5.41, 5.74) is 1.02. The van der Waals surface area contributed by atoms with E-state index >= 15 is 0 Å². The van der Waals surface area contributed by atoms with Crippen LogP contribution in [0.5, 0.6) is 0 Å². The Balaban J connectivity index is 2.20. The van der Waals surface area contributed by atoms with Crippen LogP contribution in [-0.4, -0.2) is 13.1 Å². The van der Waals surface area contributed by atoms with E-state index in [4.69, 9.17) is 0 Å². The van der Waals surface area contributed by atoms with E-state index in [9.17, 15) is 4.39 Å². The highest BCUT2D eigenvalue weighted by molar-refractivity contribution is 5.27. The summed E-state index contributed by atoms with van der Waals surface area (Å²) in [5, 5.41) is 3.19. The fourth-order valence-electron chi connectivity index (χ4n) is 2.15. The van der Waals surface area contributed by atoms with E-state index < -0.39 is 5.67 Å². The minimum Gasteiger partial charge on any atom is -0.316 e. The molecule has 1 aliphatic rings. The molecular formula is C13H18FN. The first-order chi connectivity index (χ1) is 7.24. The third-order valence-electron chi connectivity index (χ3n) is 3.28. The predicted molar refractivity (Wildman–Crippen MR) is 60.7 cm³/mol. The molecule has 2 rings (SSSR count). The van der Waals surface area contributed by atoms with Gasteiger partial charge in [0.05, 0.1) is 0 Å². The Morgan fingerprint density at radius 2 is 1.80 bits per heavy atom. The fraction of sp³-hybridized carbons (Fsp3) is 0.538. The average Bonchev–Trinajstić information content (AvgIpc) is 2.30. The number of halogens is 1. The smallest absolute Gasteiger partial charge is 0.138 e. The number of nitrogens with one attached hydrogen (secondary N) is 1.